The molecule has 0 aliphatic heterocycles. The number of thioether (sulfide) groups is 1. The summed E-state index contributed by atoms with van der Waals surface area (Å²) >= 11 is 1.46. The average Bonchev–Trinajstić information content (AvgIpc) is 3.18. The summed E-state index contributed by atoms with van der Waals surface area (Å²) in [5.74, 6) is 1.35. The molecule has 0 aliphatic carbocycles. The number of nitro groups is 1. The summed E-state index contributed by atoms with van der Waals surface area (Å²) in [5.41, 5.74) is 3.82. The summed E-state index contributed by atoms with van der Waals surface area (Å²) in [5, 5.41) is 11.3. The van der Waals surface area contributed by atoms with Gasteiger partial charge in [-0.1, -0.05) is 84.6 Å². The number of nitrogens with zero attached hydrogens (tertiary/aromatic N) is 2. The van der Waals surface area contributed by atoms with Gasteiger partial charge >= 0.3 is 0 Å². The first-order valence-electron chi connectivity index (χ1n) is 8.68. The van der Waals surface area contributed by atoms with Crippen molar-refractivity contribution in [2.75, 3.05) is 0 Å². The second-order valence-electron chi connectivity index (χ2n) is 6.10. The lowest BCUT2D eigenvalue weighted by Gasteiger charge is -2.00. The lowest BCUT2D eigenvalue weighted by atomic mass is 10.1. The first-order valence-corrected chi connectivity index (χ1v) is 9.67. The quantitative estimate of drug-likeness (QED) is 0.223. The highest BCUT2D eigenvalue weighted by molar-refractivity contribution is 7.98. The molecule has 5 nitrogen and oxygen atoms in total. The van der Waals surface area contributed by atoms with Crippen LogP contribution in [0.2, 0.25) is 0 Å². The van der Waals surface area contributed by atoms with E-state index in [9.17, 15) is 10.1 Å². The summed E-state index contributed by atoms with van der Waals surface area (Å²) in [7, 11) is 0. The molecule has 0 bridgehead atoms. The fraction of sp³-hybridized carbons (Fsp3) is 0.0455. The number of benzene rings is 3. The molecule has 4 aromatic rings. The summed E-state index contributed by atoms with van der Waals surface area (Å²) in [6.45, 7) is 0. The van der Waals surface area contributed by atoms with Crippen molar-refractivity contribution in [3.8, 4) is 22.6 Å². The summed E-state index contributed by atoms with van der Waals surface area (Å²) in [6.07, 6.45) is 0. The number of oxazole rings is 1. The van der Waals surface area contributed by atoms with Crippen LogP contribution in [-0.4, -0.2) is 9.91 Å². The molecule has 0 N–H and O–H groups in total. The zero-order valence-corrected chi connectivity index (χ0v) is 15.6. The molecule has 0 spiro atoms. The molecule has 0 atom stereocenters. The minimum atomic E-state index is -0.400. The maximum Gasteiger partial charge on any atom is 0.269 e. The Labute approximate surface area is 166 Å². The molecule has 0 amide bonds. The van der Waals surface area contributed by atoms with Crippen molar-refractivity contribution < 1.29 is 9.34 Å². The van der Waals surface area contributed by atoms with Crippen LogP contribution in [0, 0.1) is 10.1 Å². The summed E-state index contributed by atoms with van der Waals surface area (Å²) in [6, 6.07) is 26.4. The van der Waals surface area contributed by atoms with Crippen LogP contribution in [0.1, 0.15) is 5.56 Å². The maximum atomic E-state index is 10.8. The number of aromatic nitrogens is 1. The molecule has 1 heterocycles. The average molecular weight is 388 g/mol. The van der Waals surface area contributed by atoms with Gasteiger partial charge in [0.25, 0.3) is 10.9 Å². The predicted molar refractivity (Wildman–Crippen MR) is 110 cm³/mol. The van der Waals surface area contributed by atoms with Gasteiger partial charge < -0.3 is 4.42 Å². The minimum absolute atomic E-state index is 0.0857. The van der Waals surface area contributed by atoms with E-state index in [4.69, 9.17) is 9.40 Å². The minimum Gasteiger partial charge on any atom is -0.431 e. The Morgan fingerprint density at radius 1 is 0.857 bits per heavy atom. The molecule has 1 aromatic heterocycles. The molecule has 6 heteroatoms. The Kier molecular flexibility index (Phi) is 5.21. The smallest absolute Gasteiger partial charge is 0.269 e. The van der Waals surface area contributed by atoms with Gasteiger partial charge in [-0.2, -0.15) is 0 Å². The molecular formula is C22H16N2O3S. The van der Waals surface area contributed by atoms with Crippen molar-refractivity contribution in [2.45, 2.75) is 11.0 Å². The van der Waals surface area contributed by atoms with Gasteiger partial charge in [0, 0.05) is 29.0 Å². The Morgan fingerprint density at radius 2 is 1.46 bits per heavy atom. The molecule has 0 aliphatic rings. The lowest BCUT2D eigenvalue weighted by molar-refractivity contribution is -0.384. The summed E-state index contributed by atoms with van der Waals surface area (Å²) < 4.78 is 6.08. The van der Waals surface area contributed by atoms with Crippen molar-refractivity contribution >= 4 is 17.4 Å². The fourth-order valence-corrected chi connectivity index (χ4v) is 3.58. The van der Waals surface area contributed by atoms with Crippen molar-refractivity contribution in [3.63, 3.8) is 0 Å². The van der Waals surface area contributed by atoms with Crippen LogP contribution in [0.3, 0.4) is 0 Å². The summed E-state index contributed by atoms with van der Waals surface area (Å²) in [4.78, 5) is 15.1. The number of hydrogen-bond acceptors (Lipinski definition) is 5. The first kappa shape index (κ1) is 18.0. The van der Waals surface area contributed by atoms with E-state index in [1.807, 2.05) is 60.7 Å². The molecule has 0 saturated carbocycles. The van der Waals surface area contributed by atoms with E-state index in [0.717, 1.165) is 28.1 Å². The van der Waals surface area contributed by atoms with Crippen LogP contribution < -0.4 is 0 Å². The van der Waals surface area contributed by atoms with E-state index >= 15 is 0 Å². The monoisotopic (exact) mass is 388 g/mol. The Balaban J connectivity index is 1.61. The molecular weight excluding hydrogens is 372 g/mol. The number of hydrogen-bond donors (Lipinski definition) is 0. The molecule has 0 fully saturated rings. The standard InChI is InChI=1S/C22H16N2O3S/c25-24(26)19-13-11-16(12-14-19)15-28-22-23-20(17-7-3-1-4-8-17)21(27-22)18-9-5-2-6-10-18/h1-14H,15H2. The number of nitro benzene ring substituents is 1. The second-order valence-corrected chi connectivity index (χ2v) is 7.03. The van der Waals surface area contributed by atoms with Crippen molar-refractivity contribution in [2.24, 2.45) is 0 Å². The van der Waals surface area contributed by atoms with Crippen LogP contribution >= 0.6 is 11.8 Å². The topological polar surface area (TPSA) is 69.2 Å². The molecule has 4 rings (SSSR count). The van der Waals surface area contributed by atoms with E-state index in [1.54, 1.807) is 12.1 Å². The van der Waals surface area contributed by atoms with E-state index < -0.39 is 4.92 Å². The lowest BCUT2D eigenvalue weighted by Crippen LogP contribution is -1.88. The highest BCUT2D eigenvalue weighted by atomic mass is 32.2. The van der Waals surface area contributed by atoms with Gasteiger partial charge in [-0.15, -0.1) is 0 Å². The third-order valence-corrected chi connectivity index (χ3v) is 5.10. The Morgan fingerprint density at radius 3 is 2.07 bits per heavy atom. The third-order valence-electron chi connectivity index (χ3n) is 4.20. The maximum absolute atomic E-state index is 10.8. The van der Waals surface area contributed by atoms with Crippen LogP contribution in [0.25, 0.3) is 22.6 Å². The zero-order valence-electron chi connectivity index (χ0n) is 14.8. The second kappa shape index (κ2) is 8.10. The van der Waals surface area contributed by atoms with Gasteiger partial charge in [0.1, 0.15) is 5.69 Å². The van der Waals surface area contributed by atoms with Crippen LogP contribution in [0.5, 0.6) is 0 Å². The van der Waals surface area contributed by atoms with Crippen molar-refractivity contribution in [1.29, 1.82) is 0 Å². The fourth-order valence-electron chi connectivity index (χ4n) is 2.80. The van der Waals surface area contributed by atoms with Crippen LogP contribution in [-0.2, 0) is 5.75 Å². The molecule has 0 unspecified atom stereocenters. The molecule has 138 valence electrons. The molecule has 0 saturated heterocycles. The van der Waals surface area contributed by atoms with E-state index in [2.05, 4.69) is 0 Å². The largest absolute Gasteiger partial charge is 0.431 e. The van der Waals surface area contributed by atoms with Crippen LogP contribution in [0.15, 0.2) is 94.6 Å². The van der Waals surface area contributed by atoms with E-state index in [0.29, 0.717) is 11.0 Å². The van der Waals surface area contributed by atoms with Gasteiger partial charge in [0.05, 0.1) is 4.92 Å². The van der Waals surface area contributed by atoms with Gasteiger partial charge in [-0.25, -0.2) is 4.98 Å². The Bertz CT molecular complexity index is 1020. The van der Waals surface area contributed by atoms with Crippen molar-refractivity contribution in [3.05, 3.63) is 101 Å². The van der Waals surface area contributed by atoms with E-state index in [-0.39, 0.29) is 5.69 Å². The highest BCUT2D eigenvalue weighted by Gasteiger charge is 2.17. The van der Waals surface area contributed by atoms with Gasteiger partial charge in [-0.3, -0.25) is 10.1 Å². The molecule has 28 heavy (non-hydrogen) atoms. The van der Waals surface area contributed by atoms with Crippen LogP contribution in [0.4, 0.5) is 5.69 Å². The highest BCUT2D eigenvalue weighted by Crippen LogP contribution is 2.36. The predicted octanol–water partition coefficient (Wildman–Crippen LogP) is 6.21. The van der Waals surface area contributed by atoms with Gasteiger partial charge in [0.15, 0.2) is 5.76 Å². The zero-order chi connectivity index (χ0) is 19.3. The molecule has 0 radical (unpaired) electrons. The first-order chi connectivity index (χ1) is 13.7. The Hall–Kier alpha value is -3.38. The third kappa shape index (κ3) is 3.97. The van der Waals surface area contributed by atoms with Crippen molar-refractivity contribution in [1.82, 2.24) is 4.98 Å². The SMILES string of the molecule is O=[N+]([O-])c1ccc(CSc2nc(-c3ccccc3)c(-c3ccccc3)o2)cc1. The normalized spacial score (nSPS) is 10.7. The number of rotatable bonds is 6. The molecule has 3 aromatic carbocycles. The van der Waals surface area contributed by atoms with E-state index in [1.165, 1.54) is 23.9 Å². The van der Waals surface area contributed by atoms with Gasteiger partial charge in [-0.05, 0) is 5.56 Å². The van der Waals surface area contributed by atoms with Gasteiger partial charge in [0.2, 0.25) is 0 Å². The number of non-ortho nitro benzene ring substituents is 1.